The van der Waals surface area contributed by atoms with Gasteiger partial charge in [0.2, 0.25) is 0 Å². The molecule has 0 saturated carbocycles. The van der Waals surface area contributed by atoms with E-state index in [1.54, 1.807) is 0 Å². The summed E-state index contributed by atoms with van der Waals surface area (Å²) in [6.45, 7) is 16.2. The molecule has 0 amide bonds. The van der Waals surface area contributed by atoms with Crippen LogP contribution in [0.2, 0.25) is 0 Å². The quantitative estimate of drug-likeness (QED) is 0.826. The summed E-state index contributed by atoms with van der Waals surface area (Å²) in [5, 5.41) is 4.46. The number of nitrogens with one attached hydrogen (secondary N) is 1. The highest BCUT2D eigenvalue weighted by Crippen LogP contribution is 2.27. The summed E-state index contributed by atoms with van der Waals surface area (Å²) in [5.74, 6) is 1.29. The zero-order valence-corrected chi connectivity index (χ0v) is 13.9. The molecule has 1 fully saturated rings. The molecule has 1 heterocycles. The first-order valence-corrected chi connectivity index (χ1v) is 8.52. The smallest absolute Gasteiger partial charge is 0.0224 e. The first-order valence-electron chi connectivity index (χ1n) is 7.47. The Morgan fingerprint density at radius 2 is 2.00 bits per heavy atom. The highest BCUT2D eigenvalue weighted by molar-refractivity contribution is 8.00. The second kappa shape index (κ2) is 7.16. The van der Waals surface area contributed by atoms with Crippen molar-refractivity contribution in [3.8, 4) is 0 Å². The molecular weight excluding hydrogens is 240 g/mol. The molecule has 2 nitrogen and oxygen atoms in total. The van der Waals surface area contributed by atoms with Gasteiger partial charge in [0.25, 0.3) is 0 Å². The van der Waals surface area contributed by atoms with Crippen molar-refractivity contribution in [3.63, 3.8) is 0 Å². The van der Waals surface area contributed by atoms with Gasteiger partial charge in [-0.3, -0.25) is 4.90 Å². The lowest BCUT2D eigenvalue weighted by atomic mass is 10.0. The lowest BCUT2D eigenvalue weighted by Crippen LogP contribution is -2.54. The lowest BCUT2D eigenvalue weighted by Gasteiger charge is -2.43. The number of rotatable bonds is 5. The molecule has 1 rings (SSSR count). The van der Waals surface area contributed by atoms with Crippen molar-refractivity contribution in [2.24, 2.45) is 0 Å². The van der Waals surface area contributed by atoms with E-state index in [1.165, 1.54) is 25.1 Å². The van der Waals surface area contributed by atoms with Crippen LogP contribution in [0.1, 0.15) is 54.4 Å². The standard InChI is InChI=1S/C15H32N2S/c1-7-8-14(11-16-15(4,5)6)17-9-10-18-13(3)12(17)2/h12-14,16H,7-11H2,1-6H3. The van der Waals surface area contributed by atoms with Gasteiger partial charge in [-0.25, -0.2) is 0 Å². The largest absolute Gasteiger partial charge is 0.311 e. The molecule has 18 heavy (non-hydrogen) atoms. The van der Waals surface area contributed by atoms with Gasteiger partial charge in [-0.2, -0.15) is 11.8 Å². The van der Waals surface area contributed by atoms with Gasteiger partial charge in [-0.1, -0.05) is 20.3 Å². The summed E-state index contributed by atoms with van der Waals surface area (Å²) in [5.41, 5.74) is 0.228. The molecule has 108 valence electrons. The molecule has 0 aromatic carbocycles. The molecule has 0 aliphatic carbocycles. The van der Waals surface area contributed by atoms with E-state index in [9.17, 15) is 0 Å². The van der Waals surface area contributed by atoms with Crippen molar-refractivity contribution in [3.05, 3.63) is 0 Å². The van der Waals surface area contributed by atoms with E-state index in [2.05, 4.69) is 63.5 Å². The van der Waals surface area contributed by atoms with Gasteiger partial charge in [0.15, 0.2) is 0 Å². The maximum atomic E-state index is 3.69. The zero-order chi connectivity index (χ0) is 13.8. The van der Waals surface area contributed by atoms with Gasteiger partial charge in [0.1, 0.15) is 0 Å². The Hall–Kier alpha value is 0.270. The minimum absolute atomic E-state index is 0.228. The predicted octanol–water partition coefficient (Wildman–Crippen LogP) is 3.37. The Balaban J connectivity index is 2.59. The van der Waals surface area contributed by atoms with E-state index < -0.39 is 0 Å². The predicted molar refractivity (Wildman–Crippen MR) is 84.5 cm³/mol. The van der Waals surface area contributed by atoms with Crippen molar-refractivity contribution in [1.82, 2.24) is 10.2 Å². The Kier molecular flexibility index (Phi) is 6.49. The topological polar surface area (TPSA) is 15.3 Å². The van der Waals surface area contributed by atoms with Crippen LogP contribution in [0.25, 0.3) is 0 Å². The van der Waals surface area contributed by atoms with Crippen LogP contribution in [0.15, 0.2) is 0 Å². The third-order valence-electron chi connectivity index (χ3n) is 3.89. The average molecular weight is 273 g/mol. The number of hydrogen-bond acceptors (Lipinski definition) is 3. The van der Waals surface area contributed by atoms with E-state index in [0.717, 1.165) is 11.8 Å². The Morgan fingerprint density at radius 3 is 2.56 bits per heavy atom. The fourth-order valence-corrected chi connectivity index (χ4v) is 3.74. The molecule has 3 atom stereocenters. The molecule has 1 aliphatic heterocycles. The first-order chi connectivity index (χ1) is 8.35. The van der Waals surface area contributed by atoms with Crippen LogP contribution in [0, 0.1) is 0 Å². The zero-order valence-electron chi connectivity index (χ0n) is 13.1. The Bertz CT molecular complexity index is 237. The lowest BCUT2D eigenvalue weighted by molar-refractivity contribution is 0.130. The third-order valence-corrected chi connectivity index (χ3v) is 5.23. The van der Waals surface area contributed by atoms with Crippen LogP contribution in [0.4, 0.5) is 0 Å². The van der Waals surface area contributed by atoms with E-state index in [1.807, 2.05) is 0 Å². The normalized spacial score (nSPS) is 28.3. The fraction of sp³-hybridized carbons (Fsp3) is 1.00. The molecule has 1 aliphatic rings. The van der Waals surface area contributed by atoms with Gasteiger partial charge < -0.3 is 5.32 Å². The van der Waals surface area contributed by atoms with E-state index in [4.69, 9.17) is 0 Å². The first kappa shape index (κ1) is 16.3. The maximum absolute atomic E-state index is 3.69. The van der Waals surface area contributed by atoms with Gasteiger partial charge >= 0.3 is 0 Å². The second-order valence-electron chi connectivity index (χ2n) is 6.63. The van der Waals surface area contributed by atoms with Crippen LogP contribution in [-0.2, 0) is 0 Å². The van der Waals surface area contributed by atoms with Crippen molar-refractivity contribution >= 4 is 11.8 Å². The highest BCUT2D eigenvalue weighted by atomic mass is 32.2. The van der Waals surface area contributed by atoms with E-state index in [-0.39, 0.29) is 5.54 Å². The summed E-state index contributed by atoms with van der Waals surface area (Å²) >= 11 is 2.13. The van der Waals surface area contributed by atoms with E-state index >= 15 is 0 Å². The van der Waals surface area contributed by atoms with Gasteiger partial charge in [0, 0.05) is 41.7 Å². The monoisotopic (exact) mass is 272 g/mol. The van der Waals surface area contributed by atoms with Crippen molar-refractivity contribution in [2.75, 3.05) is 18.8 Å². The van der Waals surface area contributed by atoms with Crippen LogP contribution in [0.3, 0.4) is 0 Å². The summed E-state index contributed by atoms with van der Waals surface area (Å²) < 4.78 is 0. The summed E-state index contributed by atoms with van der Waals surface area (Å²) in [6, 6.07) is 1.41. The molecule has 0 aromatic heterocycles. The SMILES string of the molecule is CCCC(CNC(C)(C)C)N1CCSC(C)C1C. The van der Waals surface area contributed by atoms with Crippen LogP contribution in [-0.4, -0.2) is 46.6 Å². The number of thioether (sulfide) groups is 1. The number of hydrogen-bond donors (Lipinski definition) is 1. The molecule has 3 heteroatoms. The highest BCUT2D eigenvalue weighted by Gasteiger charge is 2.30. The minimum atomic E-state index is 0.228. The number of nitrogens with zero attached hydrogens (tertiary/aromatic N) is 1. The van der Waals surface area contributed by atoms with Gasteiger partial charge in [-0.15, -0.1) is 0 Å². The molecule has 0 aromatic rings. The van der Waals surface area contributed by atoms with Gasteiger partial charge in [-0.05, 0) is 34.1 Å². The molecule has 0 spiro atoms. The van der Waals surface area contributed by atoms with Crippen molar-refractivity contribution in [1.29, 1.82) is 0 Å². The molecule has 1 saturated heterocycles. The molecule has 0 bridgehead atoms. The van der Waals surface area contributed by atoms with Crippen LogP contribution in [0.5, 0.6) is 0 Å². The second-order valence-corrected chi connectivity index (χ2v) is 8.11. The molecule has 1 N–H and O–H groups in total. The van der Waals surface area contributed by atoms with Crippen LogP contribution < -0.4 is 5.32 Å². The molecule has 0 radical (unpaired) electrons. The van der Waals surface area contributed by atoms with E-state index in [0.29, 0.717) is 12.1 Å². The minimum Gasteiger partial charge on any atom is -0.311 e. The fourth-order valence-electron chi connectivity index (χ4n) is 2.61. The third kappa shape index (κ3) is 5.10. The average Bonchev–Trinajstić information content (AvgIpc) is 2.27. The Morgan fingerprint density at radius 1 is 1.33 bits per heavy atom. The van der Waals surface area contributed by atoms with Crippen LogP contribution >= 0.6 is 11.8 Å². The molecular formula is C15H32N2S. The van der Waals surface area contributed by atoms with Crippen molar-refractivity contribution < 1.29 is 0 Å². The Labute approximate surface area is 118 Å². The van der Waals surface area contributed by atoms with Gasteiger partial charge in [0.05, 0.1) is 0 Å². The maximum Gasteiger partial charge on any atom is 0.0224 e. The molecule has 3 unspecified atom stereocenters. The summed E-state index contributed by atoms with van der Waals surface area (Å²) in [6.07, 6.45) is 2.59. The van der Waals surface area contributed by atoms with Crippen molar-refractivity contribution in [2.45, 2.75) is 77.3 Å². The summed E-state index contributed by atoms with van der Waals surface area (Å²) in [7, 11) is 0. The summed E-state index contributed by atoms with van der Waals surface area (Å²) in [4.78, 5) is 2.74.